The van der Waals surface area contributed by atoms with E-state index in [9.17, 15) is 12.8 Å². The molecule has 1 N–H and O–H groups in total. The van der Waals surface area contributed by atoms with Crippen molar-refractivity contribution in [3.05, 3.63) is 59.2 Å². The zero-order valence-electron chi connectivity index (χ0n) is 13.3. The minimum Gasteiger partial charge on any atom is -0.441 e. The minimum absolute atomic E-state index is 0.0592. The summed E-state index contributed by atoms with van der Waals surface area (Å²) in [6, 6.07) is 9.31. The first-order chi connectivity index (χ1) is 11.3. The summed E-state index contributed by atoms with van der Waals surface area (Å²) >= 11 is 0. The fraction of sp³-hybridized carbons (Fsp3) is 0.235. The van der Waals surface area contributed by atoms with Crippen LogP contribution in [0.15, 0.2) is 45.7 Å². The molecule has 0 unspecified atom stereocenters. The molecule has 0 amide bonds. The van der Waals surface area contributed by atoms with E-state index in [0.717, 1.165) is 17.1 Å². The SMILES string of the molecule is Cc1nc2cc(CCNS(=O)(=O)c3ccc(F)c(C)c3)ccc2o1. The Morgan fingerprint density at radius 3 is 2.71 bits per heavy atom. The molecule has 2 aromatic carbocycles. The molecule has 1 heterocycles. The van der Waals surface area contributed by atoms with Gasteiger partial charge in [0, 0.05) is 13.5 Å². The van der Waals surface area contributed by atoms with Gasteiger partial charge in [0.05, 0.1) is 4.90 Å². The van der Waals surface area contributed by atoms with Gasteiger partial charge in [-0.05, 0) is 54.8 Å². The molecule has 7 heteroatoms. The number of benzene rings is 2. The average molecular weight is 348 g/mol. The van der Waals surface area contributed by atoms with Crippen molar-refractivity contribution >= 4 is 21.1 Å². The lowest BCUT2D eigenvalue weighted by Gasteiger charge is -2.08. The smallest absolute Gasteiger partial charge is 0.240 e. The molecule has 3 rings (SSSR count). The van der Waals surface area contributed by atoms with Crippen molar-refractivity contribution in [1.29, 1.82) is 0 Å². The van der Waals surface area contributed by atoms with Crippen LogP contribution in [0.3, 0.4) is 0 Å². The molecule has 1 aromatic heterocycles. The van der Waals surface area contributed by atoms with Crippen molar-refractivity contribution in [2.24, 2.45) is 0 Å². The highest BCUT2D eigenvalue weighted by atomic mass is 32.2. The molecule has 0 aliphatic heterocycles. The quantitative estimate of drug-likeness (QED) is 0.769. The summed E-state index contributed by atoms with van der Waals surface area (Å²) in [5, 5.41) is 0. The van der Waals surface area contributed by atoms with E-state index in [1.807, 2.05) is 18.2 Å². The molecule has 0 bridgehead atoms. The highest BCUT2D eigenvalue weighted by molar-refractivity contribution is 7.89. The number of aryl methyl sites for hydroxylation is 2. The maximum absolute atomic E-state index is 13.3. The predicted octanol–water partition coefficient (Wildman–Crippen LogP) is 3.10. The van der Waals surface area contributed by atoms with E-state index in [-0.39, 0.29) is 11.4 Å². The fourth-order valence-electron chi connectivity index (χ4n) is 2.44. The average Bonchev–Trinajstić information content (AvgIpc) is 2.89. The molecule has 0 atom stereocenters. The van der Waals surface area contributed by atoms with Crippen LogP contribution >= 0.6 is 0 Å². The van der Waals surface area contributed by atoms with E-state index < -0.39 is 15.8 Å². The summed E-state index contributed by atoms with van der Waals surface area (Å²) in [4.78, 5) is 4.31. The van der Waals surface area contributed by atoms with Gasteiger partial charge in [-0.2, -0.15) is 0 Å². The van der Waals surface area contributed by atoms with Crippen LogP contribution in [0.25, 0.3) is 11.1 Å². The second-order valence-electron chi connectivity index (χ2n) is 5.59. The third kappa shape index (κ3) is 3.47. The Labute approximate surface area is 139 Å². The maximum Gasteiger partial charge on any atom is 0.240 e. The molecule has 0 saturated carbocycles. The Balaban J connectivity index is 1.68. The lowest BCUT2D eigenvalue weighted by molar-refractivity contribution is 0.561. The number of hydrogen-bond acceptors (Lipinski definition) is 4. The van der Waals surface area contributed by atoms with E-state index in [1.165, 1.54) is 19.1 Å². The number of aromatic nitrogens is 1. The zero-order chi connectivity index (χ0) is 17.3. The van der Waals surface area contributed by atoms with Gasteiger partial charge in [-0.3, -0.25) is 0 Å². The normalized spacial score (nSPS) is 12.0. The van der Waals surface area contributed by atoms with Gasteiger partial charge in [0.15, 0.2) is 11.5 Å². The summed E-state index contributed by atoms with van der Waals surface area (Å²) in [6.07, 6.45) is 0.515. The Kier molecular flexibility index (Phi) is 4.38. The van der Waals surface area contributed by atoms with Gasteiger partial charge in [-0.25, -0.2) is 22.5 Å². The standard InChI is InChI=1S/C17H17FN2O3S/c1-11-9-14(4-5-15(11)18)24(21,22)19-8-7-13-3-6-17-16(10-13)20-12(2)23-17/h3-6,9-10,19H,7-8H2,1-2H3. The van der Waals surface area contributed by atoms with E-state index in [1.54, 1.807) is 6.92 Å². The first-order valence-electron chi connectivity index (χ1n) is 7.47. The number of nitrogens with one attached hydrogen (secondary N) is 1. The van der Waals surface area contributed by atoms with Crippen molar-refractivity contribution in [3.8, 4) is 0 Å². The highest BCUT2D eigenvalue weighted by Gasteiger charge is 2.14. The van der Waals surface area contributed by atoms with Crippen LogP contribution in [0.1, 0.15) is 17.0 Å². The van der Waals surface area contributed by atoms with Crippen molar-refractivity contribution in [2.75, 3.05) is 6.54 Å². The van der Waals surface area contributed by atoms with E-state index in [2.05, 4.69) is 9.71 Å². The molecule has 0 aliphatic rings. The fourth-order valence-corrected chi connectivity index (χ4v) is 3.56. The van der Waals surface area contributed by atoms with E-state index in [0.29, 0.717) is 23.5 Å². The highest BCUT2D eigenvalue weighted by Crippen LogP contribution is 2.17. The second kappa shape index (κ2) is 6.33. The van der Waals surface area contributed by atoms with Crippen molar-refractivity contribution in [2.45, 2.75) is 25.2 Å². The van der Waals surface area contributed by atoms with Crippen LogP contribution in [-0.4, -0.2) is 19.9 Å². The molecule has 0 fully saturated rings. The summed E-state index contributed by atoms with van der Waals surface area (Å²) in [7, 11) is -3.66. The number of halogens is 1. The van der Waals surface area contributed by atoms with Crippen LogP contribution in [0.5, 0.6) is 0 Å². The first kappa shape index (κ1) is 16.6. The van der Waals surface area contributed by atoms with Gasteiger partial charge in [-0.15, -0.1) is 0 Å². The topological polar surface area (TPSA) is 72.2 Å². The number of nitrogens with zero attached hydrogens (tertiary/aromatic N) is 1. The van der Waals surface area contributed by atoms with Gasteiger partial charge >= 0.3 is 0 Å². The summed E-state index contributed by atoms with van der Waals surface area (Å²) in [6.45, 7) is 3.54. The van der Waals surface area contributed by atoms with Crippen LogP contribution < -0.4 is 4.72 Å². The number of oxazole rings is 1. The molecule has 5 nitrogen and oxygen atoms in total. The van der Waals surface area contributed by atoms with Crippen LogP contribution in [-0.2, 0) is 16.4 Å². The summed E-state index contributed by atoms with van der Waals surface area (Å²) < 4.78 is 45.7. The molecule has 24 heavy (non-hydrogen) atoms. The van der Waals surface area contributed by atoms with Crippen LogP contribution in [0, 0.1) is 19.7 Å². The molecule has 0 radical (unpaired) electrons. The number of fused-ring (bicyclic) bond motifs is 1. The zero-order valence-corrected chi connectivity index (χ0v) is 14.2. The molecule has 0 aliphatic carbocycles. The van der Waals surface area contributed by atoms with Gasteiger partial charge < -0.3 is 4.42 Å². The lowest BCUT2D eigenvalue weighted by atomic mass is 10.1. The third-order valence-corrected chi connectivity index (χ3v) is 5.16. The van der Waals surface area contributed by atoms with Crippen molar-refractivity contribution in [3.63, 3.8) is 0 Å². The molecular weight excluding hydrogens is 331 g/mol. The Morgan fingerprint density at radius 2 is 1.96 bits per heavy atom. The monoisotopic (exact) mass is 348 g/mol. The van der Waals surface area contributed by atoms with Crippen LogP contribution in [0.4, 0.5) is 4.39 Å². The molecule has 0 saturated heterocycles. The minimum atomic E-state index is -3.66. The Hall–Kier alpha value is -2.25. The van der Waals surface area contributed by atoms with Gasteiger partial charge in [0.25, 0.3) is 0 Å². The van der Waals surface area contributed by atoms with Gasteiger partial charge in [0.2, 0.25) is 10.0 Å². The Morgan fingerprint density at radius 1 is 1.17 bits per heavy atom. The number of sulfonamides is 1. The predicted molar refractivity (Wildman–Crippen MR) is 88.8 cm³/mol. The number of hydrogen-bond donors (Lipinski definition) is 1. The number of rotatable bonds is 5. The van der Waals surface area contributed by atoms with Crippen LogP contribution in [0.2, 0.25) is 0 Å². The van der Waals surface area contributed by atoms with E-state index in [4.69, 9.17) is 4.42 Å². The largest absolute Gasteiger partial charge is 0.441 e. The van der Waals surface area contributed by atoms with Crippen molar-refractivity contribution in [1.82, 2.24) is 9.71 Å². The molecule has 3 aromatic rings. The summed E-state index contributed by atoms with van der Waals surface area (Å²) in [5.74, 6) is 0.166. The molecular formula is C17H17FN2O3S. The van der Waals surface area contributed by atoms with E-state index >= 15 is 0 Å². The maximum atomic E-state index is 13.3. The second-order valence-corrected chi connectivity index (χ2v) is 7.36. The molecule has 0 spiro atoms. The first-order valence-corrected chi connectivity index (χ1v) is 8.95. The molecule has 126 valence electrons. The van der Waals surface area contributed by atoms with Crippen molar-refractivity contribution < 1.29 is 17.2 Å². The Bertz CT molecular complexity index is 996. The lowest BCUT2D eigenvalue weighted by Crippen LogP contribution is -2.26. The van der Waals surface area contributed by atoms with Gasteiger partial charge in [-0.1, -0.05) is 6.07 Å². The third-order valence-electron chi connectivity index (χ3n) is 3.70. The summed E-state index contributed by atoms with van der Waals surface area (Å²) in [5.41, 5.74) is 2.71. The van der Waals surface area contributed by atoms with Gasteiger partial charge in [0.1, 0.15) is 11.3 Å².